The van der Waals surface area contributed by atoms with Crippen molar-refractivity contribution in [1.29, 1.82) is 0 Å². The number of hydrogen-bond donors (Lipinski definition) is 4. The number of aliphatic hydroxyl groups is 2. The third kappa shape index (κ3) is 2.78. The Morgan fingerprint density at radius 2 is 1.83 bits per heavy atom. The molecular weight excluding hydrogens is 503 g/mol. The smallest absolute Gasteiger partial charge is 0.255 e. The van der Waals surface area contributed by atoms with E-state index in [0.29, 0.717) is 12.8 Å². The van der Waals surface area contributed by atoms with E-state index in [1.165, 1.54) is 6.07 Å². The highest BCUT2D eigenvalue weighted by molar-refractivity contribution is 14.1. The Morgan fingerprint density at radius 1 is 1.17 bits per heavy atom. The van der Waals surface area contributed by atoms with Gasteiger partial charge < -0.3 is 21.1 Å². The van der Waals surface area contributed by atoms with E-state index in [-0.39, 0.29) is 28.6 Å². The number of primary amides is 1. The molecule has 1 fully saturated rings. The van der Waals surface area contributed by atoms with Crippen LogP contribution in [0.15, 0.2) is 29.0 Å². The number of Topliss-reactive ketones (excluding diaryl/α,β-unsaturated/α-hetero) is 2. The van der Waals surface area contributed by atoms with Crippen molar-refractivity contribution < 1.29 is 29.7 Å². The van der Waals surface area contributed by atoms with Crippen LogP contribution < -0.4 is 5.73 Å². The summed E-state index contributed by atoms with van der Waals surface area (Å²) in [5.41, 5.74) is 5.82. The van der Waals surface area contributed by atoms with Crippen LogP contribution in [0.1, 0.15) is 17.5 Å². The molecule has 0 heterocycles. The number of carbonyl (C=O) groups is 3. The second-order valence-corrected chi connectivity index (χ2v) is 9.38. The van der Waals surface area contributed by atoms with E-state index in [4.69, 9.17) is 5.73 Å². The highest BCUT2D eigenvalue weighted by Gasteiger charge is 2.55. The van der Waals surface area contributed by atoms with Crippen LogP contribution in [0, 0.1) is 21.3 Å². The number of phenols is 1. The number of amides is 1. The molecule has 0 spiro atoms. The minimum absolute atomic E-state index is 0.0946. The first-order valence-corrected chi connectivity index (χ1v) is 10.6. The summed E-state index contributed by atoms with van der Waals surface area (Å²) < 4.78 is 0.850. The van der Waals surface area contributed by atoms with Gasteiger partial charge in [0.05, 0.1) is 17.5 Å². The molecule has 5 N–H and O–H groups in total. The Labute approximate surface area is 186 Å². The van der Waals surface area contributed by atoms with E-state index in [9.17, 15) is 29.7 Å². The zero-order valence-corrected chi connectivity index (χ0v) is 18.5. The van der Waals surface area contributed by atoms with Crippen molar-refractivity contribution in [1.82, 2.24) is 4.90 Å². The number of hydrogen-bond acceptors (Lipinski definition) is 7. The van der Waals surface area contributed by atoms with Crippen molar-refractivity contribution in [2.75, 3.05) is 14.1 Å². The Bertz CT molecular complexity index is 1070. The summed E-state index contributed by atoms with van der Waals surface area (Å²) in [5, 5.41) is 31.9. The molecule has 1 aromatic rings. The molecule has 158 valence electrons. The molecule has 1 amide bonds. The SMILES string of the molecule is CN(C)[C@@H]1C(O)=C(C(N)=O)C(=O)C2C(=O)C3=C(O)c4c(O)ccc(I)c4CC3CC21. The Balaban J connectivity index is 1.91. The molecule has 0 radical (unpaired) electrons. The van der Waals surface area contributed by atoms with Crippen LogP contribution in [-0.4, -0.2) is 57.8 Å². The van der Waals surface area contributed by atoms with E-state index in [1.807, 2.05) is 0 Å². The van der Waals surface area contributed by atoms with Crippen LogP contribution in [0.4, 0.5) is 0 Å². The molecule has 4 atom stereocenters. The van der Waals surface area contributed by atoms with Crippen LogP contribution in [0.25, 0.3) is 5.76 Å². The Hall–Kier alpha value is -2.40. The summed E-state index contributed by atoms with van der Waals surface area (Å²) in [6, 6.07) is 2.46. The van der Waals surface area contributed by atoms with Crippen molar-refractivity contribution >= 4 is 45.8 Å². The number of rotatable bonds is 2. The molecule has 0 bridgehead atoms. The standard InChI is InChI=1S/C21H21IN2O6/c1-24(2)16-9-6-7-5-8-10(22)3-4-11(25)13(8)17(26)12(7)18(27)14(9)19(28)15(20(16)29)21(23)30/h3-4,7,9,14,16,25-26,29H,5-6H2,1-2H3,(H2,23,30)/t7?,9?,14?,16-/m0/s1. The lowest BCUT2D eigenvalue weighted by molar-refractivity contribution is -0.136. The second kappa shape index (κ2) is 7.09. The van der Waals surface area contributed by atoms with Crippen molar-refractivity contribution in [2.24, 2.45) is 23.5 Å². The van der Waals surface area contributed by atoms with E-state index in [1.54, 1.807) is 25.1 Å². The van der Waals surface area contributed by atoms with E-state index in [0.717, 1.165) is 9.13 Å². The first-order valence-electron chi connectivity index (χ1n) is 9.47. The van der Waals surface area contributed by atoms with E-state index < -0.39 is 46.7 Å². The van der Waals surface area contributed by atoms with Gasteiger partial charge in [-0.25, -0.2) is 0 Å². The zero-order valence-electron chi connectivity index (χ0n) is 16.3. The Morgan fingerprint density at radius 3 is 2.43 bits per heavy atom. The number of aromatic hydroxyl groups is 1. The fraction of sp³-hybridized carbons (Fsp3) is 0.381. The third-order valence-electron chi connectivity index (χ3n) is 6.39. The summed E-state index contributed by atoms with van der Waals surface area (Å²) in [6.07, 6.45) is 0.767. The lowest BCUT2D eigenvalue weighted by atomic mass is 9.59. The van der Waals surface area contributed by atoms with Gasteiger partial charge in [-0.2, -0.15) is 0 Å². The maximum absolute atomic E-state index is 13.5. The lowest BCUT2D eigenvalue weighted by Gasteiger charge is -2.46. The van der Waals surface area contributed by atoms with Crippen LogP contribution in [0.3, 0.4) is 0 Å². The van der Waals surface area contributed by atoms with Gasteiger partial charge in [-0.1, -0.05) is 0 Å². The van der Waals surface area contributed by atoms with Gasteiger partial charge >= 0.3 is 0 Å². The largest absolute Gasteiger partial charge is 0.510 e. The third-order valence-corrected chi connectivity index (χ3v) is 7.40. The maximum Gasteiger partial charge on any atom is 0.255 e. The number of ketones is 2. The number of phenolic OH excluding ortho intramolecular Hbond substituents is 1. The number of allylic oxidation sites excluding steroid dienone is 1. The average molecular weight is 524 g/mol. The van der Waals surface area contributed by atoms with Gasteiger partial charge in [0, 0.05) is 9.14 Å². The first-order chi connectivity index (χ1) is 14.1. The minimum Gasteiger partial charge on any atom is -0.510 e. The van der Waals surface area contributed by atoms with E-state index >= 15 is 0 Å². The van der Waals surface area contributed by atoms with Gasteiger partial charge in [-0.3, -0.25) is 19.3 Å². The zero-order chi connectivity index (χ0) is 22.1. The molecule has 0 aromatic heterocycles. The van der Waals surface area contributed by atoms with Gasteiger partial charge in [0.15, 0.2) is 11.6 Å². The van der Waals surface area contributed by atoms with Crippen molar-refractivity contribution in [3.63, 3.8) is 0 Å². The second-order valence-electron chi connectivity index (χ2n) is 8.22. The quantitative estimate of drug-likeness (QED) is 0.261. The molecule has 9 heteroatoms. The molecule has 4 rings (SSSR count). The molecule has 0 aliphatic heterocycles. The predicted octanol–water partition coefficient (Wildman–Crippen LogP) is 1.45. The molecule has 3 unspecified atom stereocenters. The summed E-state index contributed by atoms with van der Waals surface area (Å²) in [5.74, 6) is -5.53. The molecule has 0 saturated heterocycles. The van der Waals surface area contributed by atoms with Gasteiger partial charge in [-0.15, -0.1) is 0 Å². The molecule has 8 nitrogen and oxygen atoms in total. The number of carbonyl (C=O) groups excluding carboxylic acids is 3. The monoisotopic (exact) mass is 524 g/mol. The summed E-state index contributed by atoms with van der Waals surface area (Å²) in [7, 11) is 3.38. The van der Waals surface area contributed by atoms with Crippen molar-refractivity contribution in [3.8, 4) is 5.75 Å². The van der Waals surface area contributed by atoms with Crippen LogP contribution in [0.5, 0.6) is 5.75 Å². The van der Waals surface area contributed by atoms with Crippen LogP contribution in [0.2, 0.25) is 0 Å². The van der Waals surface area contributed by atoms with Gasteiger partial charge in [0.1, 0.15) is 22.8 Å². The van der Waals surface area contributed by atoms with E-state index in [2.05, 4.69) is 22.6 Å². The summed E-state index contributed by atoms with van der Waals surface area (Å²) in [4.78, 5) is 40.0. The normalized spacial score (nSPS) is 28.4. The number of aliphatic hydroxyl groups excluding tert-OH is 2. The molecular formula is C21H21IN2O6. The van der Waals surface area contributed by atoms with Gasteiger partial charge in [-0.05, 0) is 79.1 Å². The number of nitrogens with zero attached hydrogens (tertiary/aromatic N) is 1. The number of likely N-dealkylation sites (N-methyl/N-ethyl adjacent to an activating group) is 1. The maximum atomic E-state index is 13.5. The summed E-state index contributed by atoms with van der Waals surface area (Å²) in [6.45, 7) is 0. The lowest BCUT2D eigenvalue weighted by Crippen LogP contribution is -2.55. The van der Waals surface area contributed by atoms with Crippen molar-refractivity contribution in [2.45, 2.75) is 18.9 Å². The van der Waals surface area contributed by atoms with Gasteiger partial charge in [0.25, 0.3) is 5.91 Å². The number of benzene rings is 1. The first kappa shape index (κ1) is 20.9. The van der Waals surface area contributed by atoms with Crippen LogP contribution >= 0.6 is 22.6 Å². The highest BCUT2D eigenvalue weighted by atomic mass is 127. The molecule has 3 aliphatic rings. The van der Waals surface area contributed by atoms with Crippen molar-refractivity contribution in [3.05, 3.63) is 43.7 Å². The fourth-order valence-corrected chi connectivity index (χ4v) is 5.90. The Kier molecular flexibility index (Phi) is 4.93. The topological polar surface area (TPSA) is 141 Å². The summed E-state index contributed by atoms with van der Waals surface area (Å²) >= 11 is 2.12. The molecule has 1 aromatic carbocycles. The van der Waals surface area contributed by atoms with Gasteiger partial charge in [0.2, 0.25) is 0 Å². The number of halogens is 1. The average Bonchev–Trinajstić information content (AvgIpc) is 2.63. The predicted molar refractivity (Wildman–Crippen MR) is 116 cm³/mol. The molecule has 30 heavy (non-hydrogen) atoms. The number of fused-ring (bicyclic) bond motifs is 3. The number of nitrogens with two attached hydrogens (primary N) is 1. The highest BCUT2D eigenvalue weighted by Crippen LogP contribution is 2.50. The molecule has 1 saturated carbocycles. The molecule has 3 aliphatic carbocycles. The van der Waals surface area contributed by atoms with Crippen LogP contribution in [-0.2, 0) is 20.8 Å². The fourth-order valence-electron chi connectivity index (χ4n) is 5.23. The minimum atomic E-state index is -1.23.